The molecule has 3 aromatic rings. The van der Waals surface area contributed by atoms with Crippen molar-refractivity contribution in [1.82, 2.24) is 9.40 Å². The van der Waals surface area contributed by atoms with Crippen LogP contribution in [0.15, 0.2) is 53.6 Å². The Morgan fingerprint density at radius 3 is 2.39 bits per heavy atom. The standard InChI is InChI=1S/C21H20ClN3O2S/c1-13-4-7-15(8-5-13)19-12-20(25(24-19)28(3,26)27)17-11-16-9-6-14(2)10-18(16)23-21(17)22/h4-11,20H,12H2,1-3H3. The number of hydrazone groups is 1. The third kappa shape index (κ3) is 3.50. The van der Waals surface area contributed by atoms with Crippen molar-refractivity contribution in [3.8, 4) is 0 Å². The first-order valence-corrected chi connectivity index (χ1v) is 11.2. The third-order valence-corrected chi connectivity index (χ3v) is 6.23. The van der Waals surface area contributed by atoms with E-state index in [1.54, 1.807) is 0 Å². The maximum absolute atomic E-state index is 12.4. The molecule has 0 N–H and O–H groups in total. The van der Waals surface area contributed by atoms with Gasteiger partial charge in [-0.05, 0) is 37.1 Å². The van der Waals surface area contributed by atoms with Gasteiger partial charge in [-0.15, -0.1) is 0 Å². The quantitative estimate of drug-likeness (QED) is 0.589. The number of aromatic nitrogens is 1. The van der Waals surface area contributed by atoms with Crippen molar-refractivity contribution in [3.63, 3.8) is 0 Å². The molecule has 5 nitrogen and oxygen atoms in total. The number of pyridine rings is 1. The molecule has 1 aromatic heterocycles. The van der Waals surface area contributed by atoms with E-state index in [4.69, 9.17) is 11.6 Å². The van der Waals surface area contributed by atoms with Crippen LogP contribution in [0.1, 0.15) is 34.7 Å². The van der Waals surface area contributed by atoms with Gasteiger partial charge < -0.3 is 0 Å². The van der Waals surface area contributed by atoms with E-state index in [-0.39, 0.29) is 0 Å². The smallest absolute Gasteiger partial charge is 0.236 e. The Morgan fingerprint density at radius 1 is 1.04 bits per heavy atom. The van der Waals surface area contributed by atoms with Gasteiger partial charge in [0.2, 0.25) is 10.0 Å². The maximum atomic E-state index is 12.4. The second kappa shape index (κ2) is 6.87. The molecule has 144 valence electrons. The number of aryl methyl sites for hydroxylation is 2. The number of rotatable bonds is 3. The number of hydrogen-bond acceptors (Lipinski definition) is 4. The Labute approximate surface area is 169 Å². The molecule has 0 amide bonds. The zero-order chi connectivity index (χ0) is 20.1. The van der Waals surface area contributed by atoms with E-state index in [0.717, 1.165) is 44.0 Å². The average molecular weight is 414 g/mol. The van der Waals surface area contributed by atoms with Crippen LogP contribution in [0.25, 0.3) is 10.9 Å². The fourth-order valence-electron chi connectivity index (χ4n) is 3.45. The SMILES string of the molecule is Cc1ccc(C2=NN(S(C)(=O)=O)C(c3cc4ccc(C)cc4nc3Cl)C2)cc1. The minimum atomic E-state index is -3.57. The Kier molecular flexibility index (Phi) is 4.63. The Hall–Kier alpha value is -2.44. The highest BCUT2D eigenvalue weighted by Crippen LogP contribution is 2.38. The van der Waals surface area contributed by atoms with Gasteiger partial charge in [0.25, 0.3) is 0 Å². The van der Waals surface area contributed by atoms with Crippen LogP contribution in [0.4, 0.5) is 0 Å². The fraction of sp³-hybridized carbons (Fsp3) is 0.238. The largest absolute Gasteiger partial charge is 0.247 e. The van der Waals surface area contributed by atoms with Crippen molar-refractivity contribution in [2.45, 2.75) is 26.3 Å². The summed E-state index contributed by atoms with van der Waals surface area (Å²) >= 11 is 6.48. The van der Waals surface area contributed by atoms with Gasteiger partial charge in [0.1, 0.15) is 5.15 Å². The van der Waals surface area contributed by atoms with Gasteiger partial charge >= 0.3 is 0 Å². The first kappa shape index (κ1) is 18.9. The molecule has 1 unspecified atom stereocenters. The second-order valence-corrected chi connectivity index (χ2v) is 9.43. The van der Waals surface area contributed by atoms with E-state index in [9.17, 15) is 8.42 Å². The van der Waals surface area contributed by atoms with Crippen molar-refractivity contribution in [1.29, 1.82) is 0 Å². The summed E-state index contributed by atoms with van der Waals surface area (Å²) in [6.07, 6.45) is 1.60. The molecule has 0 fully saturated rings. The molecule has 1 aliphatic heterocycles. The van der Waals surface area contributed by atoms with Crippen LogP contribution in [0.3, 0.4) is 0 Å². The van der Waals surface area contributed by atoms with Gasteiger partial charge in [0, 0.05) is 17.4 Å². The Morgan fingerprint density at radius 2 is 1.71 bits per heavy atom. The molecule has 0 aliphatic carbocycles. The summed E-state index contributed by atoms with van der Waals surface area (Å²) in [5, 5.41) is 5.65. The minimum absolute atomic E-state index is 0.303. The molecule has 0 saturated carbocycles. The molecule has 2 heterocycles. The van der Waals surface area contributed by atoms with Gasteiger partial charge in [-0.25, -0.2) is 13.4 Å². The third-order valence-electron chi connectivity index (χ3n) is 4.91. The molecular formula is C21H20ClN3O2S. The molecular weight excluding hydrogens is 394 g/mol. The van der Waals surface area contributed by atoms with Crippen LogP contribution in [-0.4, -0.2) is 29.8 Å². The van der Waals surface area contributed by atoms with Crippen LogP contribution in [-0.2, 0) is 10.0 Å². The molecule has 1 aliphatic rings. The van der Waals surface area contributed by atoms with Gasteiger partial charge in [-0.1, -0.05) is 53.6 Å². The molecule has 7 heteroatoms. The number of sulfonamides is 1. The molecule has 1 atom stereocenters. The van der Waals surface area contributed by atoms with Crippen molar-refractivity contribution in [2.75, 3.05) is 6.26 Å². The van der Waals surface area contributed by atoms with E-state index in [1.165, 1.54) is 0 Å². The summed E-state index contributed by atoms with van der Waals surface area (Å²) in [7, 11) is -3.57. The Balaban J connectivity index is 1.80. The van der Waals surface area contributed by atoms with Crippen molar-refractivity contribution < 1.29 is 8.42 Å². The maximum Gasteiger partial charge on any atom is 0.247 e. The summed E-state index contributed by atoms with van der Waals surface area (Å²) < 4.78 is 26.0. The lowest BCUT2D eigenvalue weighted by Gasteiger charge is -2.22. The molecule has 0 saturated heterocycles. The van der Waals surface area contributed by atoms with Gasteiger partial charge in [-0.2, -0.15) is 9.52 Å². The number of halogens is 1. The second-order valence-electron chi connectivity index (χ2n) is 7.23. The van der Waals surface area contributed by atoms with Gasteiger partial charge in [0.15, 0.2) is 0 Å². The highest BCUT2D eigenvalue weighted by atomic mass is 35.5. The topological polar surface area (TPSA) is 62.6 Å². The van der Waals surface area contributed by atoms with E-state index in [1.807, 2.05) is 62.4 Å². The zero-order valence-corrected chi connectivity index (χ0v) is 17.4. The predicted molar refractivity (Wildman–Crippen MR) is 113 cm³/mol. The van der Waals surface area contributed by atoms with Crippen LogP contribution in [0.5, 0.6) is 0 Å². The van der Waals surface area contributed by atoms with E-state index in [0.29, 0.717) is 17.1 Å². The molecule has 0 radical (unpaired) electrons. The zero-order valence-electron chi connectivity index (χ0n) is 15.8. The Bertz CT molecular complexity index is 1200. The first-order valence-electron chi connectivity index (χ1n) is 8.93. The number of hydrogen-bond donors (Lipinski definition) is 0. The van der Waals surface area contributed by atoms with Crippen molar-refractivity contribution in [2.24, 2.45) is 5.10 Å². The summed E-state index contributed by atoms with van der Waals surface area (Å²) in [6, 6.07) is 15.2. The normalized spacial score (nSPS) is 17.2. The highest BCUT2D eigenvalue weighted by molar-refractivity contribution is 7.88. The number of nitrogens with zero attached hydrogens (tertiary/aromatic N) is 3. The van der Waals surface area contributed by atoms with Gasteiger partial charge in [0.05, 0.1) is 23.5 Å². The number of fused-ring (bicyclic) bond motifs is 1. The van der Waals surface area contributed by atoms with Crippen LogP contribution in [0, 0.1) is 13.8 Å². The van der Waals surface area contributed by atoms with E-state index >= 15 is 0 Å². The first-order chi connectivity index (χ1) is 13.2. The average Bonchev–Trinajstić information content (AvgIpc) is 3.07. The molecule has 0 bridgehead atoms. The fourth-order valence-corrected chi connectivity index (χ4v) is 4.62. The van der Waals surface area contributed by atoms with E-state index in [2.05, 4.69) is 10.1 Å². The summed E-state index contributed by atoms with van der Waals surface area (Å²) in [4.78, 5) is 4.50. The predicted octanol–water partition coefficient (Wildman–Crippen LogP) is 4.62. The van der Waals surface area contributed by atoms with E-state index < -0.39 is 16.1 Å². The number of benzene rings is 2. The summed E-state index contributed by atoms with van der Waals surface area (Å²) in [6.45, 7) is 4.00. The van der Waals surface area contributed by atoms with Crippen molar-refractivity contribution in [3.05, 3.63) is 75.9 Å². The van der Waals surface area contributed by atoms with Crippen LogP contribution in [0.2, 0.25) is 5.15 Å². The minimum Gasteiger partial charge on any atom is -0.236 e. The lowest BCUT2D eigenvalue weighted by molar-refractivity contribution is 0.374. The van der Waals surface area contributed by atoms with Crippen LogP contribution >= 0.6 is 11.6 Å². The summed E-state index contributed by atoms with van der Waals surface area (Å²) in [5.74, 6) is 0. The van der Waals surface area contributed by atoms with Crippen molar-refractivity contribution >= 4 is 38.2 Å². The van der Waals surface area contributed by atoms with Gasteiger partial charge in [-0.3, -0.25) is 0 Å². The molecule has 28 heavy (non-hydrogen) atoms. The lowest BCUT2D eigenvalue weighted by Crippen LogP contribution is -2.26. The molecule has 4 rings (SSSR count). The highest BCUT2D eigenvalue weighted by Gasteiger charge is 2.36. The lowest BCUT2D eigenvalue weighted by atomic mass is 9.98. The summed E-state index contributed by atoms with van der Waals surface area (Å²) in [5.41, 5.74) is 5.30. The monoisotopic (exact) mass is 413 g/mol. The molecule has 0 spiro atoms. The van der Waals surface area contributed by atoms with Crippen LogP contribution < -0.4 is 0 Å². The molecule has 2 aromatic carbocycles.